The zero-order chi connectivity index (χ0) is 14.4. The van der Waals surface area contributed by atoms with Gasteiger partial charge in [-0.1, -0.05) is 19.3 Å². The molecule has 0 aliphatic heterocycles. The summed E-state index contributed by atoms with van der Waals surface area (Å²) >= 11 is 0. The van der Waals surface area contributed by atoms with Crippen molar-refractivity contribution in [3.63, 3.8) is 0 Å². The third-order valence-corrected chi connectivity index (χ3v) is 4.25. The van der Waals surface area contributed by atoms with Crippen LogP contribution in [0.2, 0.25) is 0 Å². The second-order valence-electron chi connectivity index (χ2n) is 5.62. The van der Waals surface area contributed by atoms with Crippen molar-refractivity contribution in [1.82, 2.24) is 9.88 Å². The van der Waals surface area contributed by atoms with Crippen LogP contribution >= 0.6 is 0 Å². The Hall–Kier alpha value is -1.31. The van der Waals surface area contributed by atoms with E-state index in [4.69, 9.17) is 10.00 Å². The van der Waals surface area contributed by atoms with Crippen LogP contribution < -0.4 is 5.32 Å². The molecular formula is C16H25N3O. The summed E-state index contributed by atoms with van der Waals surface area (Å²) in [5.74, 6) is 0. The summed E-state index contributed by atoms with van der Waals surface area (Å²) in [6, 6.07) is 4.17. The Morgan fingerprint density at radius 2 is 2.15 bits per heavy atom. The molecule has 1 heterocycles. The van der Waals surface area contributed by atoms with Crippen LogP contribution in [0.3, 0.4) is 0 Å². The standard InChI is InChI=1S/C16H25N3O/c1-13-14(10-15(11-17)19(13)2)12-18-8-9-20-16-6-4-3-5-7-16/h10,16,18H,3-9,12H2,1-2H3. The number of hydrogen-bond donors (Lipinski definition) is 1. The third-order valence-electron chi connectivity index (χ3n) is 4.25. The molecule has 20 heavy (non-hydrogen) atoms. The Balaban J connectivity index is 1.67. The van der Waals surface area contributed by atoms with Crippen molar-refractivity contribution in [2.45, 2.75) is 51.7 Å². The van der Waals surface area contributed by atoms with Crippen LogP contribution in [0.15, 0.2) is 6.07 Å². The summed E-state index contributed by atoms with van der Waals surface area (Å²) in [6.07, 6.45) is 6.93. The van der Waals surface area contributed by atoms with Crippen molar-refractivity contribution < 1.29 is 4.74 Å². The van der Waals surface area contributed by atoms with Crippen LogP contribution in [0.25, 0.3) is 0 Å². The van der Waals surface area contributed by atoms with Gasteiger partial charge in [-0.3, -0.25) is 0 Å². The van der Waals surface area contributed by atoms with E-state index < -0.39 is 0 Å². The highest BCUT2D eigenvalue weighted by molar-refractivity contribution is 5.33. The summed E-state index contributed by atoms with van der Waals surface area (Å²) in [5.41, 5.74) is 3.07. The summed E-state index contributed by atoms with van der Waals surface area (Å²) in [4.78, 5) is 0. The van der Waals surface area contributed by atoms with E-state index in [2.05, 4.69) is 18.3 Å². The number of nitrogens with one attached hydrogen (secondary N) is 1. The van der Waals surface area contributed by atoms with E-state index in [-0.39, 0.29) is 0 Å². The molecule has 0 unspecified atom stereocenters. The highest BCUT2D eigenvalue weighted by atomic mass is 16.5. The molecule has 1 saturated carbocycles. The van der Waals surface area contributed by atoms with Gasteiger partial charge >= 0.3 is 0 Å². The number of hydrogen-bond acceptors (Lipinski definition) is 3. The number of aromatic nitrogens is 1. The summed E-state index contributed by atoms with van der Waals surface area (Å²) in [7, 11) is 1.93. The molecule has 2 rings (SSSR count). The van der Waals surface area contributed by atoms with E-state index in [0.717, 1.165) is 31.1 Å². The van der Waals surface area contributed by atoms with Crippen LogP contribution in [0.5, 0.6) is 0 Å². The maximum absolute atomic E-state index is 9.00. The maximum Gasteiger partial charge on any atom is 0.120 e. The molecular weight excluding hydrogens is 250 g/mol. The molecule has 1 aromatic rings. The minimum absolute atomic E-state index is 0.481. The van der Waals surface area contributed by atoms with E-state index in [0.29, 0.717) is 6.10 Å². The predicted molar refractivity (Wildman–Crippen MR) is 79.4 cm³/mol. The largest absolute Gasteiger partial charge is 0.377 e. The fourth-order valence-corrected chi connectivity index (χ4v) is 2.80. The molecule has 0 spiro atoms. The Morgan fingerprint density at radius 1 is 1.40 bits per heavy atom. The highest BCUT2D eigenvalue weighted by Crippen LogP contribution is 2.19. The van der Waals surface area contributed by atoms with E-state index >= 15 is 0 Å². The Morgan fingerprint density at radius 3 is 2.80 bits per heavy atom. The summed E-state index contributed by atoms with van der Waals surface area (Å²) in [6.45, 7) is 4.50. The van der Waals surface area contributed by atoms with Crippen molar-refractivity contribution in [2.75, 3.05) is 13.2 Å². The van der Waals surface area contributed by atoms with Gasteiger partial charge in [0.15, 0.2) is 0 Å². The minimum Gasteiger partial charge on any atom is -0.377 e. The van der Waals surface area contributed by atoms with E-state index in [9.17, 15) is 0 Å². The predicted octanol–water partition coefficient (Wildman–Crippen LogP) is 2.64. The van der Waals surface area contributed by atoms with Crippen molar-refractivity contribution in [2.24, 2.45) is 7.05 Å². The molecule has 0 bridgehead atoms. The van der Waals surface area contributed by atoms with Gasteiger partial charge in [-0.25, -0.2) is 0 Å². The third kappa shape index (κ3) is 3.84. The van der Waals surface area contributed by atoms with Crippen LogP contribution in [0.1, 0.15) is 49.1 Å². The average molecular weight is 275 g/mol. The van der Waals surface area contributed by atoms with Crippen LogP contribution in [0.4, 0.5) is 0 Å². The quantitative estimate of drug-likeness (QED) is 0.812. The Kier molecular flexibility index (Phi) is 5.63. The first kappa shape index (κ1) is 15.1. The summed E-state index contributed by atoms with van der Waals surface area (Å²) in [5, 5.41) is 12.4. The molecule has 4 heteroatoms. The number of rotatable bonds is 6. The molecule has 4 nitrogen and oxygen atoms in total. The lowest BCUT2D eigenvalue weighted by atomic mass is 9.98. The first-order valence-electron chi connectivity index (χ1n) is 7.60. The summed E-state index contributed by atoms with van der Waals surface area (Å²) < 4.78 is 7.82. The number of ether oxygens (including phenoxy) is 1. The van der Waals surface area contributed by atoms with Crippen molar-refractivity contribution in [3.05, 3.63) is 23.0 Å². The molecule has 110 valence electrons. The van der Waals surface area contributed by atoms with E-state index in [1.54, 1.807) is 0 Å². The Bertz CT molecular complexity index is 467. The minimum atomic E-state index is 0.481. The van der Waals surface area contributed by atoms with Crippen molar-refractivity contribution in [1.29, 1.82) is 5.26 Å². The normalized spacial score (nSPS) is 16.2. The molecule has 0 aromatic carbocycles. The lowest BCUT2D eigenvalue weighted by Crippen LogP contribution is -2.24. The second-order valence-corrected chi connectivity index (χ2v) is 5.62. The van der Waals surface area contributed by atoms with Gasteiger partial charge in [-0.15, -0.1) is 0 Å². The fraction of sp³-hybridized carbons (Fsp3) is 0.688. The lowest BCUT2D eigenvalue weighted by Gasteiger charge is -2.22. The van der Waals surface area contributed by atoms with Gasteiger partial charge in [0, 0.05) is 25.8 Å². The Labute approximate surface area is 121 Å². The molecule has 0 atom stereocenters. The highest BCUT2D eigenvalue weighted by Gasteiger charge is 2.13. The molecule has 0 saturated heterocycles. The van der Waals surface area contributed by atoms with E-state index in [1.165, 1.54) is 37.7 Å². The maximum atomic E-state index is 9.00. The second kappa shape index (κ2) is 7.47. The zero-order valence-corrected chi connectivity index (χ0v) is 12.6. The molecule has 1 fully saturated rings. The smallest absolute Gasteiger partial charge is 0.120 e. The van der Waals surface area contributed by atoms with Gasteiger partial charge in [0.2, 0.25) is 0 Å². The average Bonchev–Trinajstić information content (AvgIpc) is 2.76. The van der Waals surface area contributed by atoms with Crippen LogP contribution in [-0.2, 0) is 18.3 Å². The topological polar surface area (TPSA) is 50.0 Å². The molecule has 0 amide bonds. The van der Waals surface area contributed by atoms with E-state index in [1.807, 2.05) is 17.7 Å². The molecule has 1 aliphatic rings. The first-order chi connectivity index (χ1) is 9.72. The van der Waals surface area contributed by atoms with Gasteiger partial charge in [0.05, 0.1) is 12.7 Å². The number of nitriles is 1. The molecule has 1 N–H and O–H groups in total. The lowest BCUT2D eigenvalue weighted by molar-refractivity contribution is 0.0302. The molecule has 0 radical (unpaired) electrons. The van der Waals surface area contributed by atoms with Gasteiger partial charge in [-0.05, 0) is 31.4 Å². The fourth-order valence-electron chi connectivity index (χ4n) is 2.80. The first-order valence-corrected chi connectivity index (χ1v) is 7.60. The molecule has 1 aromatic heterocycles. The zero-order valence-electron chi connectivity index (χ0n) is 12.6. The van der Waals surface area contributed by atoms with Crippen LogP contribution in [-0.4, -0.2) is 23.8 Å². The van der Waals surface area contributed by atoms with Crippen molar-refractivity contribution in [3.8, 4) is 6.07 Å². The van der Waals surface area contributed by atoms with Crippen molar-refractivity contribution >= 4 is 0 Å². The number of nitrogens with zero attached hydrogens (tertiary/aromatic N) is 2. The SMILES string of the molecule is Cc1c(CNCCOC2CCCCC2)cc(C#N)n1C. The van der Waals surface area contributed by atoms with Crippen LogP contribution in [0, 0.1) is 18.3 Å². The van der Waals surface area contributed by atoms with Gasteiger partial charge in [-0.2, -0.15) is 5.26 Å². The van der Waals surface area contributed by atoms with Gasteiger partial charge < -0.3 is 14.6 Å². The van der Waals surface area contributed by atoms with Gasteiger partial charge in [0.1, 0.15) is 11.8 Å². The monoisotopic (exact) mass is 275 g/mol. The van der Waals surface area contributed by atoms with Gasteiger partial charge in [0.25, 0.3) is 0 Å². The molecule has 1 aliphatic carbocycles.